The number of rotatable bonds is 6. The van der Waals surface area contributed by atoms with E-state index in [0.29, 0.717) is 11.6 Å². The van der Waals surface area contributed by atoms with Crippen LogP contribution in [0, 0.1) is 12.8 Å². The number of methoxy groups -OCH3 is 1. The molecule has 110 valence electrons. The minimum absolute atomic E-state index is 0.00491. The summed E-state index contributed by atoms with van der Waals surface area (Å²) in [5.41, 5.74) is 0.659. The van der Waals surface area contributed by atoms with Gasteiger partial charge in [0.05, 0.1) is 7.11 Å². The number of nitrogens with one attached hydrogen (secondary N) is 2. The Labute approximate surface area is 116 Å². The fourth-order valence-corrected chi connectivity index (χ4v) is 1.48. The first-order valence-corrected chi connectivity index (χ1v) is 6.07. The van der Waals surface area contributed by atoms with E-state index in [4.69, 9.17) is 9.84 Å². The topological polar surface area (TPSA) is 113 Å². The Kier molecular flexibility index (Phi) is 5.70. The van der Waals surface area contributed by atoms with Crippen molar-refractivity contribution in [3.05, 3.63) is 11.8 Å². The molecule has 0 aliphatic carbocycles. The van der Waals surface area contributed by atoms with Gasteiger partial charge in [-0.1, -0.05) is 6.92 Å². The van der Waals surface area contributed by atoms with E-state index in [0.717, 1.165) is 0 Å². The molecule has 0 bridgehead atoms. The molecule has 1 aromatic rings. The van der Waals surface area contributed by atoms with Gasteiger partial charge in [-0.2, -0.15) is 4.98 Å². The first kappa shape index (κ1) is 15.7. The standard InChI is InChI=1S/C12H18N4O4/c1-7(4-10(17)18)6-13-12(19)16-11-14-8(2)5-9(15-11)20-3/h5,7H,4,6H2,1-3H3,(H,17,18)(H2,13,14,15,16,19). The molecular weight excluding hydrogens is 264 g/mol. The number of ether oxygens (including phenoxy) is 1. The highest BCUT2D eigenvalue weighted by atomic mass is 16.5. The van der Waals surface area contributed by atoms with Gasteiger partial charge in [0.2, 0.25) is 11.8 Å². The highest BCUT2D eigenvalue weighted by molar-refractivity contribution is 5.87. The molecule has 0 spiro atoms. The van der Waals surface area contributed by atoms with Gasteiger partial charge in [-0.25, -0.2) is 9.78 Å². The van der Waals surface area contributed by atoms with Gasteiger partial charge in [-0.15, -0.1) is 0 Å². The number of urea groups is 1. The molecule has 1 rings (SSSR count). The number of carbonyl (C=O) groups is 2. The molecule has 8 nitrogen and oxygen atoms in total. The second-order valence-corrected chi connectivity index (χ2v) is 4.41. The summed E-state index contributed by atoms with van der Waals surface area (Å²) >= 11 is 0. The summed E-state index contributed by atoms with van der Waals surface area (Å²) in [5, 5.41) is 13.6. The first-order chi connectivity index (χ1) is 9.40. The molecule has 0 aromatic carbocycles. The van der Waals surface area contributed by atoms with Crippen LogP contribution in [0.4, 0.5) is 10.7 Å². The molecule has 0 radical (unpaired) electrons. The fraction of sp³-hybridized carbons (Fsp3) is 0.500. The van der Waals surface area contributed by atoms with Gasteiger partial charge in [0, 0.05) is 24.7 Å². The molecule has 0 aliphatic rings. The van der Waals surface area contributed by atoms with Crippen LogP contribution in [-0.2, 0) is 4.79 Å². The molecule has 1 aromatic heterocycles. The molecule has 8 heteroatoms. The summed E-state index contributed by atoms with van der Waals surface area (Å²) in [7, 11) is 1.47. The van der Waals surface area contributed by atoms with Crippen LogP contribution in [0.15, 0.2) is 6.07 Å². The second kappa shape index (κ2) is 7.27. The predicted octanol–water partition coefficient (Wildman–Crippen LogP) is 1.03. The Morgan fingerprint density at radius 3 is 2.75 bits per heavy atom. The summed E-state index contributed by atoms with van der Waals surface area (Å²) < 4.78 is 4.97. The maximum atomic E-state index is 11.6. The van der Waals surface area contributed by atoms with Crippen molar-refractivity contribution in [1.29, 1.82) is 0 Å². The van der Waals surface area contributed by atoms with E-state index in [9.17, 15) is 9.59 Å². The normalized spacial score (nSPS) is 11.6. The van der Waals surface area contributed by atoms with Crippen LogP contribution in [0.3, 0.4) is 0 Å². The molecule has 0 aliphatic heterocycles. The fourth-order valence-electron chi connectivity index (χ4n) is 1.48. The van der Waals surface area contributed by atoms with E-state index in [1.54, 1.807) is 19.9 Å². The van der Waals surface area contributed by atoms with Crippen molar-refractivity contribution in [3.8, 4) is 5.88 Å². The number of aromatic nitrogens is 2. The van der Waals surface area contributed by atoms with Crippen LogP contribution in [0.25, 0.3) is 0 Å². The highest BCUT2D eigenvalue weighted by Gasteiger charge is 2.11. The number of carbonyl (C=O) groups excluding carboxylic acids is 1. The third-order valence-electron chi connectivity index (χ3n) is 2.40. The molecule has 2 amide bonds. The molecular formula is C12H18N4O4. The number of nitrogens with zero attached hydrogens (tertiary/aromatic N) is 2. The summed E-state index contributed by atoms with van der Waals surface area (Å²) in [6.07, 6.45) is -0.00491. The van der Waals surface area contributed by atoms with Gasteiger partial charge in [0.15, 0.2) is 0 Å². The maximum Gasteiger partial charge on any atom is 0.321 e. The van der Waals surface area contributed by atoms with Crippen molar-refractivity contribution >= 4 is 17.9 Å². The molecule has 1 unspecified atom stereocenters. The zero-order valence-corrected chi connectivity index (χ0v) is 11.6. The van der Waals surface area contributed by atoms with Crippen molar-refractivity contribution in [2.75, 3.05) is 19.0 Å². The van der Waals surface area contributed by atoms with E-state index in [1.807, 2.05) is 0 Å². The van der Waals surface area contributed by atoms with E-state index in [-0.39, 0.29) is 24.8 Å². The number of carboxylic acids is 1. The van der Waals surface area contributed by atoms with Gasteiger partial charge in [0.25, 0.3) is 0 Å². The monoisotopic (exact) mass is 282 g/mol. The number of aliphatic carboxylic acids is 1. The number of anilines is 1. The SMILES string of the molecule is COc1cc(C)nc(NC(=O)NCC(C)CC(=O)O)n1. The summed E-state index contributed by atoms with van der Waals surface area (Å²) in [6.45, 7) is 3.74. The molecule has 0 fully saturated rings. The van der Waals surface area contributed by atoms with E-state index < -0.39 is 12.0 Å². The second-order valence-electron chi connectivity index (χ2n) is 4.41. The van der Waals surface area contributed by atoms with Crippen LogP contribution in [0.2, 0.25) is 0 Å². The van der Waals surface area contributed by atoms with Crippen molar-refractivity contribution in [3.63, 3.8) is 0 Å². The summed E-state index contributed by atoms with van der Waals surface area (Å²) in [5.74, 6) is -0.574. The largest absolute Gasteiger partial charge is 0.481 e. The number of carboxylic acid groups (broad SMARTS) is 1. The summed E-state index contributed by atoms with van der Waals surface area (Å²) in [4.78, 5) is 30.1. The van der Waals surface area contributed by atoms with Gasteiger partial charge in [-0.05, 0) is 12.8 Å². The summed E-state index contributed by atoms with van der Waals surface area (Å²) in [6, 6.07) is 1.15. The lowest BCUT2D eigenvalue weighted by atomic mass is 10.1. The Morgan fingerprint density at radius 1 is 1.45 bits per heavy atom. The molecule has 1 heterocycles. The minimum atomic E-state index is -0.897. The maximum absolute atomic E-state index is 11.6. The van der Waals surface area contributed by atoms with Gasteiger partial charge in [0.1, 0.15) is 0 Å². The van der Waals surface area contributed by atoms with Gasteiger partial charge < -0.3 is 15.2 Å². The van der Waals surface area contributed by atoms with Crippen LogP contribution in [0.1, 0.15) is 19.0 Å². The van der Waals surface area contributed by atoms with Gasteiger partial charge in [-0.3, -0.25) is 10.1 Å². The average Bonchev–Trinajstić information content (AvgIpc) is 2.34. The van der Waals surface area contributed by atoms with Crippen LogP contribution >= 0.6 is 0 Å². The highest BCUT2D eigenvalue weighted by Crippen LogP contribution is 2.10. The quantitative estimate of drug-likeness (QED) is 0.718. The van der Waals surface area contributed by atoms with Crippen LogP contribution in [0.5, 0.6) is 5.88 Å². The minimum Gasteiger partial charge on any atom is -0.481 e. The first-order valence-electron chi connectivity index (χ1n) is 6.07. The van der Waals surface area contributed by atoms with Crippen LogP contribution in [-0.4, -0.2) is 40.7 Å². The van der Waals surface area contributed by atoms with E-state index in [1.165, 1.54) is 7.11 Å². The van der Waals surface area contributed by atoms with Crippen molar-refractivity contribution in [2.45, 2.75) is 20.3 Å². The Hall–Kier alpha value is -2.38. The number of hydrogen-bond donors (Lipinski definition) is 3. The lowest BCUT2D eigenvalue weighted by Crippen LogP contribution is -2.33. The molecule has 3 N–H and O–H groups in total. The van der Waals surface area contributed by atoms with E-state index in [2.05, 4.69) is 20.6 Å². The van der Waals surface area contributed by atoms with E-state index >= 15 is 0 Å². The molecule has 20 heavy (non-hydrogen) atoms. The smallest absolute Gasteiger partial charge is 0.321 e. The third-order valence-corrected chi connectivity index (χ3v) is 2.40. The zero-order chi connectivity index (χ0) is 15.1. The molecule has 0 saturated carbocycles. The number of aryl methyl sites for hydroxylation is 1. The van der Waals surface area contributed by atoms with Crippen molar-refractivity contribution in [2.24, 2.45) is 5.92 Å². The molecule has 1 atom stereocenters. The van der Waals surface area contributed by atoms with Crippen LogP contribution < -0.4 is 15.4 Å². The zero-order valence-electron chi connectivity index (χ0n) is 11.6. The number of hydrogen-bond acceptors (Lipinski definition) is 5. The predicted molar refractivity (Wildman–Crippen MR) is 71.8 cm³/mol. The average molecular weight is 282 g/mol. The van der Waals surface area contributed by atoms with Crippen molar-refractivity contribution < 1.29 is 19.4 Å². The Morgan fingerprint density at radius 2 is 2.15 bits per heavy atom. The third kappa shape index (κ3) is 5.51. The molecule has 0 saturated heterocycles. The lowest BCUT2D eigenvalue weighted by molar-refractivity contribution is -0.137. The Bertz CT molecular complexity index is 492. The lowest BCUT2D eigenvalue weighted by Gasteiger charge is -2.11. The number of amides is 2. The van der Waals surface area contributed by atoms with Crippen molar-refractivity contribution in [1.82, 2.24) is 15.3 Å². The Balaban J connectivity index is 2.50. The van der Waals surface area contributed by atoms with Gasteiger partial charge >= 0.3 is 12.0 Å².